The van der Waals surface area contributed by atoms with E-state index >= 15 is 0 Å². The number of hydrogen-bond acceptors (Lipinski definition) is 4. The number of ether oxygens (including phenoxy) is 1. The molecule has 1 aliphatic carbocycles. The molecule has 0 bridgehead atoms. The van der Waals surface area contributed by atoms with Crippen molar-refractivity contribution < 1.29 is 19.1 Å². The maximum absolute atomic E-state index is 13.7. The number of alkyl carbamates (subject to hydrolysis) is 1. The SMILES string of the molecule is CCCCNC(=O)C(c1cc(C)ccc1C)N(C(=O)C(C)NC(=O)OC(C)(C)C)C1CC1C. The van der Waals surface area contributed by atoms with Crippen LogP contribution in [0.15, 0.2) is 18.2 Å². The van der Waals surface area contributed by atoms with Gasteiger partial charge in [-0.3, -0.25) is 9.59 Å². The van der Waals surface area contributed by atoms with E-state index in [-0.39, 0.29) is 17.9 Å². The van der Waals surface area contributed by atoms with Gasteiger partial charge in [0.25, 0.3) is 0 Å². The van der Waals surface area contributed by atoms with E-state index in [0.29, 0.717) is 12.5 Å². The maximum atomic E-state index is 13.7. The van der Waals surface area contributed by atoms with Gasteiger partial charge < -0.3 is 20.3 Å². The predicted molar refractivity (Wildman–Crippen MR) is 130 cm³/mol. The molecule has 4 atom stereocenters. The van der Waals surface area contributed by atoms with Gasteiger partial charge in [0.2, 0.25) is 11.8 Å². The highest BCUT2D eigenvalue weighted by Crippen LogP contribution is 2.41. The van der Waals surface area contributed by atoms with Crippen LogP contribution in [0.3, 0.4) is 0 Å². The van der Waals surface area contributed by atoms with Gasteiger partial charge in [0.15, 0.2) is 0 Å². The van der Waals surface area contributed by atoms with Gasteiger partial charge in [-0.05, 0) is 71.4 Å². The summed E-state index contributed by atoms with van der Waals surface area (Å²) in [5.41, 5.74) is 2.13. The van der Waals surface area contributed by atoms with E-state index in [9.17, 15) is 14.4 Å². The Morgan fingerprint density at radius 2 is 1.85 bits per heavy atom. The van der Waals surface area contributed by atoms with Crippen LogP contribution in [0.25, 0.3) is 0 Å². The lowest BCUT2D eigenvalue weighted by atomic mass is 9.96. The van der Waals surface area contributed by atoms with Crippen LogP contribution >= 0.6 is 0 Å². The van der Waals surface area contributed by atoms with Crippen molar-refractivity contribution in [3.63, 3.8) is 0 Å². The molecule has 0 saturated heterocycles. The fourth-order valence-corrected chi connectivity index (χ4v) is 3.90. The predicted octanol–water partition coefficient (Wildman–Crippen LogP) is 4.41. The molecule has 0 aromatic heterocycles. The van der Waals surface area contributed by atoms with Gasteiger partial charge in [0, 0.05) is 12.6 Å². The van der Waals surface area contributed by atoms with E-state index < -0.39 is 23.8 Å². The van der Waals surface area contributed by atoms with Gasteiger partial charge in [-0.15, -0.1) is 0 Å². The molecular weight excluding hydrogens is 418 g/mol. The highest BCUT2D eigenvalue weighted by Gasteiger charge is 2.47. The Morgan fingerprint density at radius 1 is 1.21 bits per heavy atom. The molecule has 0 spiro atoms. The molecule has 1 fully saturated rings. The number of nitrogens with one attached hydrogen (secondary N) is 2. The minimum absolute atomic E-state index is 0.0535. The summed E-state index contributed by atoms with van der Waals surface area (Å²) >= 11 is 0. The van der Waals surface area contributed by atoms with Gasteiger partial charge >= 0.3 is 6.09 Å². The van der Waals surface area contributed by atoms with Crippen LogP contribution in [0.2, 0.25) is 0 Å². The minimum Gasteiger partial charge on any atom is -0.444 e. The van der Waals surface area contributed by atoms with Crippen molar-refractivity contribution in [3.8, 4) is 0 Å². The quantitative estimate of drug-likeness (QED) is 0.536. The van der Waals surface area contributed by atoms with Gasteiger partial charge in [0.1, 0.15) is 17.7 Å². The van der Waals surface area contributed by atoms with Crippen LogP contribution in [0, 0.1) is 19.8 Å². The Balaban J connectivity index is 2.39. The molecule has 1 aromatic rings. The van der Waals surface area contributed by atoms with Crippen molar-refractivity contribution in [2.45, 2.75) is 98.4 Å². The fraction of sp³-hybridized carbons (Fsp3) is 0.654. The monoisotopic (exact) mass is 459 g/mol. The van der Waals surface area contributed by atoms with Crippen molar-refractivity contribution in [1.82, 2.24) is 15.5 Å². The molecule has 1 saturated carbocycles. The highest BCUT2D eigenvalue weighted by atomic mass is 16.6. The first-order valence-electron chi connectivity index (χ1n) is 12.0. The van der Waals surface area contributed by atoms with E-state index in [0.717, 1.165) is 36.0 Å². The summed E-state index contributed by atoms with van der Waals surface area (Å²) in [6, 6.07) is 4.33. The van der Waals surface area contributed by atoms with E-state index in [1.165, 1.54) is 0 Å². The zero-order valence-corrected chi connectivity index (χ0v) is 21.5. The normalized spacial score (nSPS) is 19.3. The average Bonchev–Trinajstić information content (AvgIpc) is 3.42. The lowest BCUT2D eigenvalue weighted by Crippen LogP contribution is -2.53. The summed E-state index contributed by atoms with van der Waals surface area (Å²) in [6.07, 6.45) is 2.01. The zero-order chi connectivity index (χ0) is 24.9. The number of unbranched alkanes of at least 4 members (excludes halogenated alkanes) is 1. The third-order valence-electron chi connectivity index (χ3n) is 5.87. The van der Waals surface area contributed by atoms with Crippen LogP contribution in [0.4, 0.5) is 4.79 Å². The van der Waals surface area contributed by atoms with E-state index in [1.807, 2.05) is 32.0 Å². The number of carbonyl (C=O) groups excluding carboxylic acids is 3. The van der Waals surface area contributed by atoms with E-state index in [4.69, 9.17) is 4.74 Å². The minimum atomic E-state index is -0.830. The lowest BCUT2D eigenvalue weighted by molar-refractivity contribution is -0.143. The number of aryl methyl sites for hydroxylation is 2. The molecule has 0 heterocycles. The smallest absolute Gasteiger partial charge is 0.408 e. The molecule has 7 nitrogen and oxygen atoms in total. The average molecular weight is 460 g/mol. The van der Waals surface area contributed by atoms with Gasteiger partial charge in [-0.2, -0.15) is 0 Å². The Kier molecular flexibility index (Phi) is 8.92. The second kappa shape index (κ2) is 11.0. The summed E-state index contributed by atoms with van der Waals surface area (Å²) in [5, 5.41) is 5.68. The molecular formula is C26H41N3O4. The molecule has 4 unspecified atom stereocenters. The largest absolute Gasteiger partial charge is 0.444 e. The van der Waals surface area contributed by atoms with Crippen molar-refractivity contribution in [2.24, 2.45) is 5.92 Å². The Bertz CT molecular complexity index is 862. The molecule has 1 aliphatic rings. The zero-order valence-electron chi connectivity index (χ0n) is 21.5. The van der Waals surface area contributed by atoms with Crippen LogP contribution in [0.1, 0.15) is 83.5 Å². The highest BCUT2D eigenvalue weighted by molar-refractivity contribution is 5.92. The van der Waals surface area contributed by atoms with Crippen LogP contribution in [-0.4, -0.2) is 47.0 Å². The topological polar surface area (TPSA) is 87.7 Å². The number of amides is 3. The lowest BCUT2D eigenvalue weighted by Gasteiger charge is -2.35. The van der Waals surface area contributed by atoms with Gasteiger partial charge in [-0.25, -0.2) is 4.79 Å². The fourth-order valence-electron chi connectivity index (χ4n) is 3.90. The molecule has 0 radical (unpaired) electrons. The third-order valence-corrected chi connectivity index (χ3v) is 5.87. The number of hydrogen-bond donors (Lipinski definition) is 2. The molecule has 2 N–H and O–H groups in total. The second-order valence-corrected chi connectivity index (χ2v) is 10.3. The molecule has 0 aliphatic heterocycles. The summed E-state index contributed by atoms with van der Waals surface area (Å²) in [6.45, 7) is 15.6. The molecule has 33 heavy (non-hydrogen) atoms. The number of rotatable bonds is 9. The molecule has 3 amide bonds. The summed E-state index contributed by atoms with van der Waals surface area (Å²) < 4.78 is 5.33. The second-order valence-electron chi connectivity index (χ2n) is 10.3. The maximum Gasteiger partial charge on any atom is 0.408 e. The first-order valence-corrected chi connectivity index (χ1v) is 12.0. The Labute approximate surface area is 198 Å². The van der Waals surface area contributed by atoms with E-state index in [2.05, 4.69) is 24.5 Å². The number of nitrogens with zero attached hydrogens (tertiary/aromatic N) is 1. The van der Waals surface area contributed by atoms with Crippen LogP contribution < -0.4 is 10.6 Å². The Hall–Kier alpha value is -2.57. The van der Waals surface area contributed by atoms with Crippen molar-refractivity contribution in [3.05, 3.63) is 34.9 Å². The van der Waals surface area contributed by atoms with E-state index in [1.54, 1.807) is 32.6 Å². The summed E-state index contributed by atoms with van der Waals surface area (Å²) in [4.78, 5) is 41.2. The summed E-state index contributed by atoms with van der Waals surface area (Å²) in [5.74, 6) is -0.181. The third kappa shape index (κ3) is 7.47. The van der Waals surface area contributed by atoms with Crippen molar-refractivity contribution >= 4 is 17.9 Å². The first kappa shape index (κ1) is 26.7. The number of benzene rings is 1. The molecule has 184 valence electrons. The standard InChI is InChI=1S/C26H41N3O4/c1-9-10-13-27-23(30)22(20-14-16(2)11-12-17(20)3)29(21-15-18(21)4)24(31)19(5)28-25(32)33-26(6,7)8/h11-12,14,18-19,21-22H,9-10,13,15H2,1-8H3,(H,27,30)(H,28,32). The molecule has 2 rings (SSSR count). The van der Waals surface area contributed by atoms with Gasteiger partial charge in [0.05, 0.1) is 0 Å². The Morgan fingerprint density at radius 3 is 2.39 bits per heavy atom. The van der Waals surface area contributed by atoms with Gasteiger partial charge in [-0.1, -0.05) is 44.0 Å². The van der Waals surface area contributed by atoms with Crippen molar-refractivity contribution in [1.29, 1.82) is 0 Å². The molecule has 1 aromatic carbocycles. The van der Waals surface area contributed by atoms with Crippen LogP contribution in [-0.2, 0) is 14.3 Å². The first-order chi connectivity index (χ1) is 15.4. The summed E-state index contributed by atoms with van der Waals surface area (Å²) in [7, 11) is 0. The number of carbonyl (C=O) groups is 3. The molecule has 7 heteroatoms. The van der Waals surface area contributed by atoms with Crippen LogP contribution in [0.5, 0.6) is 0 Å². The van der Waals surface area contributed by atoms with Crippen molar-refractivity contribution in [2.75, 3.05) is 6.54 Å².